The SMILES string of the molecule is CCCCCCCCCCCCCCCCCCC[CH2][Mg][Cl]. The molecule has 0 aromatic rings. The summed E-state index contributed by atoms with van der Waals surface area (Å²) in [7, 11) is 5.82. The summed E-state index contributed by atoms with van der Waals surface area (Å²) in [5.74, 6) is 0. The molecule has 0 spiro atoms. The van der Waals surface area contributed by atoms with E-state index in [1.54, 1.807) is 0 Å². The van der Waals surface area contributed by atoms with E-state index in [4.69, 9.17) is 9.07 Å². The number of unbranched alkanes of at least 4 members (excludes halogenated alkanes) is 17. The summed E-state index contributed by atoms with van der Waals surface area (Å²) in [5.41, 5.74) is 0. The van der Waals surface area contributed by atoms with Gasteiger partial charge in [-0.05, 0) is 0 Å². The Bertz CT molecular complexity index is 165. The minimum Gasteiger partial charge on any atom is -0.346 e. The first kappa shape index (κ1) is 23.1. The molecule has 130 valence electrons. The molecule has 0 N–H and O–H groups in total. The fourth-order valence-corrected chi connectivity index (χ4v) is 4.28. The summed E-state index contributed by atoms with van der Waals surface area (Å²) < 4.78 is 1.35. The highest BCUT2D eigenvalue weighted by molar-refractivity contribution is 6.93. The number of halogens is 1. The predicted molar refractivity (Wildman–Crippen MR) is 105 cm³/mol. The molecule has 0 saturated carbocycles. The lowest BCUT2D eigenvalue weighted by molar-refractivity contribution is 0.526. The van der Waals surface area contributed by atoms with Gasteiger partial charge in [-0.3, -0.25) is 0 Å². The first-order chi connectivity index (χ1) is 10.9. The first-order valence-electron chi connectivity index (χ1n) is 10.5. The van der Waals surface area contributed by atoms with Crippen LogP contribution in [0.15, 0.2) is 0 Å². The van der Waals surface area contributed by atoms with Crippen LogP contribution in [-0.4, -0.2) is 19.3 Å². The maximum atomic E-state index is 5.82. The van der Waals surface area contributed by atoms with Crippen LogP contribution in [0.25, 0.3) is 0 Å². The quantitative estimate of drug-likeness (QED) is 0.164. The van der Waals surface area contributed by atoms with Gasteiger partial charge >= 0.3 is 19.3 Å². The van der Waals surface area contributed by atoms with Gasteiger partial charge in [0, 0.05) is 0 Å². The van der Waals surface area contributed by atoms with Crippen LogP contribution in [0.4, 0.5) is 0 Å². The summed E-state index contributed by atoms with van der Waals surface area (Å²) >= 11 is -0.181. The topological polar surface area (TPSA) is 0 Å². The zero-order chi connectivity index (χ0) is 16.1. The molecule has 0 aliphatic rings. The van der Waals surface area contributed by atoms with Crippen molar-refractivity contribution in [2.75, 3.05) is 0 Å². The van der Waals surface area contributed by atoms with Crippen LogP contribution < -0.4 is 0 Å². The molecule has 0 heterocycles. The van der Waals surface area contributed by atoms with E-state index in [9.17, 15) is 0 Å². The summed E-state index contributed by atoms with van der Waals surface area (Å²) in [5, 5.41) is 0. The Morgan fingerprint density at radius 1 is 0.455 bits per heavy atom. The highest BCUT2D eigenvalue weighted by Crippen LogP contribution is 2.14. The Balaban J connectivity index is 2.91. The van der Waals surface area contributed by atoms with Crippen molar-refractivity contribution in [1.29, 1.82) is 0 Å². The van der Waals surface area contributed by atoms with E-state index in [1.807, 2.05) is 0 Å². The highest BCUT2D eigenvalue weighted by Gasteiger charge is 1.95. The molecule has 0 rings (SSSR count). The van der Waals surface area contributed by atoms with E-state index < -0.39 is 0 Å². The molecule has 0 bridgehead atoms. The van der Waals surface area contributed by atoms with Gasteiger partial charge in [-0.25, -0.2) is 0 Å². The third kappa shape index (κ3) is 21.1. The van der Waals surface area contributed by atoms with E-state index in [0.717, 1.165) is 0 Å². The van der Waals surface area contributed by atoms with Crippen molar-refractivity contribution in [3.05, 3.63) is 0 Å². The molecule has 0 radical (unpaired) electrons. The number of rotatable bonds is 19. The summed E-state index contributed by atoms with van der Waals surface area (Å²) in [6, 6.07) is 0. The van der Waals surface area contributed by atoms with Crippen LogP contribution in [-0.2, 0) is 0 Å². The second kappa shape index (κ2) is 22.1. The van der Waals surface area contributed by atoms with Crippen LogP contribution in [0.5, 0.6) is 0 Å². The van der Waals surface area contributed by atoms with E-state index >= 15 is 0 Å². The normalized spacial score (nSPS) is 10.8. The second-order valence-corrected chi connectivity index (χ2v) is 9.27. The average Bonchev–Trinajstić information content (AvgIpc) is 2.54. The minimum atomic E-state index is -0.181. The Kier molecular flexibility index (Phi) is 23.1. The monoisotopic (exact) mass is 340 g/mol. The van der Waals surface area contributed by atoms with Gasteiger partial charge in [0.1, 0.15) is 0 Å². The van der Waals surface area contributed by atoms with E-state index in [-0.39, 0.29) is 19.3 Å². The zero-order valence-corrected chi connectivity index (χ0v) is 17.7. The second-order valence-electron chi connectivity index (χ2n) is 7.05. The molecule has 0 unspecified atom stereocenters. The number of hydrogen-bond donors (Lipinski definition) is 0. The maximum Gasteiger partial charge on any atom is 0.501 e. The lowest BCUT2D eigenvalue weighted by Gasteiger charge is -2.03. The Morgan fingerprint density at radius 3 is 1.00 bits per heavy atom. The predicted octanol–water partition coefficient (Wildman–Crippen LogP) is 8.30. The van der Waals surface area contributed by atoms with Crippen LogP contribution in [0.2, 0.25) is 4.55 Å². The Morgan fingerprint density at radius 2 is 0.727 bits per heavy atom. The third-order valence-electron chi connectivity index (χ3n) is 4.74. The van der Waals surface area contributed by atoms with Gasteiger partial charge in [0.05, 0.1) is 0 Å². The fourth-order valence-electron chi connectivity index (χ4n) is 3.17. The van der Waals surface area contributed by atoms with Crippen molar-refractivity contribution in [3.63, 3.8) is 0 Å². The van der Waals surface area contributed by atoms with E-state index in [0.29, 0.717) is 0 Å². The van der Waals surface area contributed by atoms with Crippen molar-refractivity contribution in [1.82, 2.24) is 0 Å². The molecular weight excluding hydrogens is 300 g/mol. The summed E-state index contributed by atoms with van der Waals surface area (Å²) in [4.78, 5) is 0. The molecule has 22 heavy (non-hydrogen) atoms. The van der Waals surface area contributed by atoms with Crippen LogP contribution in [0.3, 0.4) is 0 Å². The van der Waals surface area contributed by atoms with E-state index in [2.05, 4.69) is 6.92 Å². The Hall–Kier alpha value is 1.06. The maximum absolute atomic E-state index is 5.82. The highest BCUT2D eigenvalue weighted by atomic mass is 35.5. The molecule has 0 aromatic carbocycles. The van der Waals surface area contributed by atoms with E-state index in [1.165, 1.54) is 120 Å². The number of hydrogen-bond acceptors (Lipinski definition) is 0. The van der Waals surface area contributed by atoms with Gasteiger partial charge in [0.15, 0.2) is 0 Å². The molecular formula is C20H41ClMg. The Labute approximate surface area is 155 Å². The molecule has 0 saturated heterocycles. The van der Waals surface area contributed by atoms with Gasteiger partial charge in [-0.1, -0.05) is 122 Å². The molecule has 0 atom stereocenters. The van der Waals surface area contributed by atoms with Gasteiger partial charge in [-0.2, -0.15) is 0 Å². The summed E-state index contributed by atoms with van der Waals surface area (Å²) in [6.07, 6.45) is 26.3. The molecule has 0 amide bonds. The van der Waals surface area contributed by atoms with Crippen molar-refractivity contribution < 1.29 is 0 Å². The molecule has 2 heteroatoms. The molecule has 0 aromatic heterocycles. The largest absolute Gasteiger partial charge is 0.501 e. The molecule has 0 fully saturated rings. The average molecular weight is 341 g/mol. The van der Waals surface area contributed by atoms with Gasteiger partial charge < -0.3 is 9.07 Å². The third-order valence-corrected chi connectivity index (χ3v) is 6.31. The van der Waals surface area contributed by atoms with Crippen molar-refractivity contribution in [2.24, 2.45) is 0 Å². The lowest BCUT2D eigenvalue weighted by Crippen LogP contribution is -1.84. The lowest BCUT2D eigenvalue weighted by atomic mass is 10.0. The van der Waals surface area contributed by atoms with Crippen molar-refractivity contribution >= 4 is 28.3 Å². The molecule has 0 aliphatic heterocycles. The fraction of sp³-hybridized carbons (Fsp3) is 1.00. The molecule has 0 aliphatic carbocycles. The standard InChI is InChI=1S/C20H41.ClH.Mg/c1-3-5-7-9-11-13-15-17-19-20-18-16-14-12-10-8-6-4-2;;/h1,3-20H2,2H3;1H;/q;;+1/p-1. The van der Waals surface area contributed by atoms with Crippen LogP contribution in [0.1, 0.15) is 122 Å². The van der Waals surface area contributed by atoms with Gasteiger partial charge in [-0.15, -0.1) is 4.55 Å². The van der Waals surface area contributed by atoms with Gasteiger partial charge in [0.25, 0.3) is 0 Å². The van der Waals surface area contributed by atoms with Crippen LogP contribution >= 0.6 is 9.07 Å². The van der Waals surface area contributed by atoms with Crippen molar-refractivity contribution in [2.45, 2.75) is 127 Å². The zero-order valence-electron chi connectivity index (χ0n) is 15.5. The van der Waals surface area contributed by atoms with Gasteiger partial charge in [0.2, 0.25) is 0 Å². The molecule has 0 nitrogen and oxygen atoms in total. The van der Waals surface area contributed by atoms with Crippen molar-refractivity contribution in [3.8, 4) is 0 Å². The smallest absolute Gasteiger partial charge is 0.346 e. The van der Waals surface area contributed by atoms with Crippen LogP contribution in [0, 0.1) is 0 Å². The first-order valence-corrected chi connectivity index (χ1v) is 13.6. The minimum absolute atomic E-state index is 0.181. The summed E-state index contributed by atoms with van der Waals surface area (Å²) in [6.45, 7) is 2.30.